The van der Waals surface area contributed by atoms with E-state index >= 15 is 0 Å². The lowest BCUT2D eigenvalue weighted by atomic mass is 9.79. The SMILES string of the molecule is CC1(C)OB(c2ccc3ccn(C(F)F)c3c2)OC1(C)C. The van der Waals surface area contributed by atoms with Crippen LogP contribution in [0.5, 0.6) is 0 Å². The molecule has 0 unspecified atom stereocenters. The molecule has 0 spiro atoms. The highest BCUT2D eigenvalue weighted by molar-refractivity contribution is 6.62. The van der Waals surface area contributed by atoms with E-state index in [1.165, 1.54) is 6.20 Å². The topological polar surface area (TPSA) is 23.4 Å². The van der Waals surface area contributed by atoms with Crippen LogP contribution in [0.2, 0.25) is 0 Å². The van der Waals surface area contributed by atoms with E-state index in [1.807, 2.05) is 39.8 Å². The van der Waals surface area contributed by atoms with Gasteiger partial charge in [-0.25, -0.2) is 0 Å². The summed E-state index contributed by atoms with van der Waals surface area (Å²) in [5, 5.41) is 0.774. The van der Waals surface area contributed by atoms with Crippen LogP contribution >= 0.6 is 0 Å². The van der Waals surface area contributed by atoms with Crippen molar-refractivity contribution >= 4 is 23.5 Å². The first kappa shape index (κ1) is 14.5. The first-order valence-electron chi connectivity index (χ1n) is 6.95. The second kappa shape index (κ2) is 4.55. The summed E-state index contributed by atoms with van der Waals surface area (Å²) in [6.07, 6.45) is 1.39. The Labute approximate surface area is 123 Å². The fourth-order valence-corrected chi connectivity index (χ4v) is 2.46. The zero-order valence-electron chi connectivity index (χ0n) is 12.6. The second-order valence-electron chi connectivity index (χ2n) is 6.41. The minimum atomic E-state index is -2.56. The van der Waals surface area contributed by atoms with Crippen molar-refractivity contribution in [3.63, 3.8) is 0 Å². The summed E-state index contributed by atoms with van der Waals surface area (Å²) in [6.45, 7) is 5.30. The van der Waals surface area contributed by atoms with Gasteiger partial charge in [-0.3, -0.25) is 4.57 Å². The van der Waals surface area contributed by atoms with Crippen molar-refractivity contribution in [2.45, 2.75) is 45.4 Å². The fourth-order valence-electron chi connectivity index (χ4n) is 2.46. The monoisotopic (exact) mass is 293 g/mol. The molecule has 1 saturated heterocycles. The van der Waals surface area contributed by atoms with Gasteiger partial charge in [-0.1, -0.05) is 12.1 Å². The van der Waals surface area contributed by atoms with Crippen molar-refractivity contribution in [3.05, 3.63) is 30.5 Å². The predicted molar refractivity (Wildman–Crippen MR) is 78.9 cm³/mol. The molecule has 0 bridgehead atoms. The maximum Gasteiger partial charge on any atom is 0.494 e. The summed E-state index contributed by atoms with van der Waals surface area (Å²) in [5.74, 6) is 0. The van der Waals surface area contributed by atoms with Crippen molar-refractivity contribution in [2.75, 3.05) is 0 Å². The van der Waals surface area contributed by atoms with Crippen molar-refractivity contribution in [1.29, 1.82) is 0 Å². The lowest BCUT2D eigenvalue weighted by Gasteiger charge is -2.32. The molecule has 1 aliphatic rings. The van der Waals surface area contributed by atoms with E-state index in [-0.39, 0.29) is 0 Å². The van der Waals surface area contributed by atoms with Crippen molar-refractivity contribution in [1.82, 2.24) is 4.57 Å². The number of rotatable bonds is 2. The largest absolute Gasteiger partial charge is 0.494 e. The summed E-state index contributed by atoms with van der Waals surface area (Å²) in [7, 11) is -0.541. The highest BCUT2D eigenvalue weighted by Gasteiger charge is 2.51. The minimum absolute atomic E-state index is 0.447. The minimum Gasteiger partial charge on any atom is -0.399 e. The Balaban J connectivity index is 2.01. The molecule has 0 radical (unpaired) electrons. The Hall–Kier alpha value is -1.40. The highest BCUT2D eigenvalue weighted by atomic mass is 19.3. The second-order valence-corrected chi connectivity index (χ2v) is 6.41. The molecule has 1 fully saturated rings. The molecule has 0 N–H and O–H groups in total. The highest BCUT2D eigenvalue weighted by Crippen LogP contribution is 2.36. The van der Waals surface area contributed by atoms with Gasteiger partial charge in [0.05, 0.1) is 16.7 Å². The van der Waals surface area contributed by atoms with Gasteiger partial charge in [-0.2, -0.15) is 8.78 Å². The number of benzene rings is 1. The molecule has 1 aromatic carbocycles. The van der Waals surface area contributed by atoms with Gasteiger partial charge in [0.2, 0.25) is 0 Å². The average molecular weight is 293 g/mol. The Bertz CT molecular complexity index is 665. The third kappa shape index (κ3) is 2.26. The fraction of sp³-hybridized carbons (Fsp3) is 0.467. The van der Waals surface area contributed by atoms with Gasteiger partial charge in [-0.15, -0.1) is 0 Å². The summed E-state index contributed by atoms with van der Waals surface area (Å²) in [6, 6.07) is 7.06. The van der Waals surface area contributed by atoms with Crippen molar-refractivity contribution < 1.29 is 18.1 Å². The first-order valence-corrected chi connectivity index (χ1v) is 6.95. The summed E-state index contributed by atoms with van der Waals surface area (Å²) in [5.41, 5.74) is 0.341. The van der Waals surface area contributed by atoms with E-state index in [2.05, 4.69) is 0 Å². The molecule has 1 aliphatic heterocycles. The number of aromatic nitrogens is 1. The molecule has 2 aromatic rings. The molecular weight excluding hydrogens is 275 g/mol. The molecule has 0 atom stereocenters. The van der Waals surface area contributed by atoms with Gasteiger partial charge in [0.25, 0.3) is 0 Å². The van der Waals surface area contributed by atoms with Crippen LogP contribution in [0.15, 0.2) is 30.5 Å². The van der Waals surface area contributed by atoms with Gasteiger partial charge in [0.1, 0.15) is 0 Å². The molecule has 0 saturated carbocycles. The van der Waals surface area contributed by atoms with Crippen LogP contribution < -0.4 is 5.46 Å². The third-order valence-corrected chi connectivity index (χ3v) is 4.48. The number of hydrogen-bond acceptors (Lipinski definition) is 2. The van der Waals surface area contributed by atoms with Crippen LogP contribution in [0, 0.1) is 0 Å². The molecule has 2 heterocycles. The number of fused-ring (bicyclic) bond motifs is 1. The average Bonchev–Trinajstić information content (AvgIpc) is 2.87. The standard InChI is InChI=1S/C15H18BF2NO2/c1-14(2)15(3,4)21-16(20-14)11-6-5-10-7-8-19(13(17)18)12(10)9-11/h5-9,13H,1-4H3. The zero-order chi connectivity index (χ0) is 15.4. The Morgan fingerprint density at radius 1 is 1.05 bits per heavy atom. The zero-order valence-corrected chi connectivity index (χ0v) is 12.6. The Morgan fingerprint density at radius 3 is 2.24 bits per heavy atom. The van der Waals surface area contributed by atoms with E-state index in [0.29, 0.717) is 5.52 Å². The molecular formula is C15H18BF2NO2. The van der Waals surface area contributed by atoms with E-state index in [0.717, 1.165) is 15.4 Å². The number of hydrogen-bond donors (Lipinski definition) is 0. The molecule has 0 aliphatic carbocycles. The van der Waals surface area contributed by atoms with Gasteiger partial charge < -0.3 is 9.31 Å². The van der Waals surface area contributed by atoms with Crippen LogP contribution in [0.3, 0.4) is 0 Å². The van der Waals surface area contributed by atoms with E-state index < -0.39 is 24.9 Å². The number of halogens is 2. The quantitative estimate of drug-likeness (QED) is 0.793. The summed E-state index contributed by atoms with van der Waals surface area (Å²) in [4.78, 5) is 0. The molecule has 0 amide bonds. The summed E-state index contributed by atoms with van der Waals surface area (Å²) < 4.78 is 38.8. The maximum atomic E-state index is 13.0. The molecule has 3 rings (SSSR count). The summed E-state index contributed by atoms with van der Waals surface area (Å²) >= 11 is 0. The van der Waals surface area contributed by atoms with Gasteiger partial charge in [0.15, 0.2) is 0 Å². The van der Waals surface area contributed by atoms with Crippen LogP contribution in [0.25, 0.3) is 10.9 Å². The normalized spacial score (nSPS) is 20.6. The molecule has 21 heavy (non-hydrogen) atoms. The van der Waals surface area contributed by atoms with Gasteiger partial charge in [-0.05, 0) is 50.7 Å². The Morgan fingerprint density at radius 2 is 1.67 bits per heavy atom. The number of alkyl halides is 2. The molecule has 3 nitrogen and oxygen atoms in total. The van der Waals surface area contributed by atoms with Crippen LogP contribution in [0.1, 0.15) is 34.2 Å². The maximum absolute atomic E-state index is 13.0. The predicted octanol–water partition coefficient (Wildman–Crippen LogP) is 3.34. The van der Waals surface area contributed by atoms with Gasteiger partial charge in [0, 0.05) is 6.20 Å². The molecule has 112 valence electrons. The van der Waals surface area contributed by atoms with Crippen molar-refractivity contribution in [2.24, 2.45) is 0 Å². The van der Waals surface area contributed by atoms with E-state index in [4.69, 9.17) is 9.31 Å². The number of nitrogens with zero attached hydrogens (tertiary/aromatic N) is 1. The van der Waals surface area contributed by atoms with Crippen molar-refractivity contribution in [3.8, 4) is 0 Å². The first-order chi connectivity index (χ1) is 9.71. The van der Waals surface area contributed by atoms with E-state index in [1.54, 1.807) is 12.1 Å². The molecule has 1 aromatic heterocycles. The lowest BCUT2D eigenvalue weighted by Crippen LogP contribution is -2.41. The smallest absolute Gasteiger partial charge is 0.399 e. The van der Waals surface area contributed by atoms with Crippen LogP contribution in [0.4, 0.5) is 8.78 Å². The lowest BCUT2D eigenvalue weighted by molar-refractivity contribution is 0.00578. The van der Waals surface area contributed by atoms with Crippen LogP contribution in [-0.4, -0.2) is 22.9 Å². The molecule has 6 heteroatoms. The van der Waals surface area contributed by atoms with E-state index in [9.17, 15) is 8.78 Å². The third-order valence-electron chi connectivity index (χ3n) is 4.48. The van der Waals surface area contributed by atoms with Gasteiger partial charge >= 0.3 is 13.7 Å². The Kier molecular flexibility index (Phi) is 3.15. The van der Waals surface area contributed by atoms with Crippen LogP contribution in [-0.2, 0) is 9.31 Å².